The second-order valence-corrected chi connectivity index (χ2v) is 6.96. The Bertz CT molecular complexity index is 324. The lowest BCUT2D eigenvalue weighted by molar-refractivity contribution is 0.0682. The van der Waals surface area contributed by atoms with E-state index < -0.39 is 0 Å². The molecule has 1 aliphatic heterocycles. The van der Waals surface area contributed by atoms with Crippen molar-refractivity contribution in [2.24, 2.45) is 11.3 Å². The maximum absolute atomic E-state index is 12.4. The Morgan fingerprint density at radius 1 is 1.30 bits per heavy atom. The van der Waals surface area contributed by atoms with Gasteiger partial charge in [-0.15, -0.1) is 0 Å². The molecule has 2 aliphatic rings. The van der Waals surface area contributed by atoms with E-state index in [0.29, 0.717) is 12.0 Å². The molecule has 1 saturated carbocycles. The van der Waals surface area contributed by atoms with Crippen molar-refractivity contribution in [1.29, 1.82) is 0 Å². The molecule has 1 heterocycles. The lowest BCUT2D eigenvalue weighted by atomic mass is 9.81. The van der Waals surface area contributed by atoms with Gasteiger partial charge in [0.15, 0.2) is 0 Å². The number of piperidine rings is 1. The molecular formula is C16H30N2O2. The number of urea groups is 1. The Morgan fingerprint density at radius 2 is 1.95 bits per heavy atom. The molecule has 2 fully saturated rings. The number of rotatable bonds is 3. The van der Waals surface area contributed by atoms with Crippen LogP contribution in [-0.4, -0.2) is 41.8 Å². The van der Waals surface area contributed by atoms with Crippen LogP contribution in [0.25, 0.3) is 0 Å². The summed E-state index contributed by atoms with van der Waals surface area (Å²) in [5.41, 5.74) is 0.00751. The van der Waals surface area contributed by atoms with Crippen LogP contribution in [0, 0.1) is 11.3 Å². The molecule has 2 amide bonds. The molecule has 0 aromatic rings. The van der Waals surface area contributed by atoms with Crippen LogP contribution < -0.4 is 5.32 Å². The Morgan fingerprint density at radius 3 is 2.55 bits per heavy atom. The van der Waals surface area contributed by atoms with E-state index in [2.05, 4.69) is 19.2 Å². The summed E-state index contributed by atoms with van der Waals surface area (Å²) in [5, 5.41) is 12.6. The topological polar surface area (TPSA) is 52.6 Å². The molecule has 1 saturated heterocycles. The van der Waals surface area contributed by atoms with Gasteiger partial charge in [-0.05, 0) is 37.0 Å². The van der Waals surface area contributed by atoms with Gasteiger partial charge < -0.3 is 15.3 Å². The van der Waals surface area contributed by atoms with E-state index in [4.69, 9.17) is 0 Å². The van der Waals surface area contributed by atoms with Gasteiger partial charge in [-0.2, -0.15) is 0 Å². The maximum Gasteiger partial charge on any atom is 0.317 e. The highest BCUT2D eigenvalue weighted by Crippen LogP contribution is 2.31. The van der Waals surface area contributed by atoms with E-state index in [0.717, 1.165) is 38.8 Å². The minimum atomic E-state index is 0.00751. The Kier molecular flexibility index (Phi) is 5.30. The zero-order valence-electron chi connectivity index (χ0n) is 13.0. The number of likely N-dealkylation sites (tertiary alicyclic amines) is 1. The predicted molar refractivity (Wildman–Crippen MR) is 80.6 cm³/mol. The van der Waals surface area contributed by atoms with Crippen LogP contribution in [0.15, 0.2) is 0 Å². The molecule has 0 aromatic heterocycles. The van der Waals surface area contributed by atoms with Gasteiger partial charge in [0, 0.05) is 25.7 Å². The van der Waals surface area contributed by atoms with E-state index >= 15 is 0 Å². The highest BCUT2D eigenvalue weighted by molar-refractivity contribution is 5.74. The minimum Gasteiger partial charge on any atom is -0.396 e. The third-order valence-electron chi connectivity index (χ3n) is 5.38. The molecule has 2 N–H and O–H groups in total. The molecule has 0 radical (unpaired) electrons. The first-order valence-electron chi connectivity index (χ1n) is 8.24. The molecule has 0 aromatic carbocycles. The number of hydrogen-bond acceptors (Lipinski definition) is 2. The van der Waals surface area contributed by atoms with E-state index in [1.165, 1.54) is 19.3 Å². The van der Waals surface area contributed by atoms with Gasteiger partial charge >= 0.3 is 6.03 Å². The van der Waals surface area contributed by atoms with E-state index in [-0.39, 0.29) is 18.1 Å². The number of nitrogens with one attached hydrogen (secondary N) is 1. The first-order chi connectivity index (χ1) is 9.58. The molecule has 2 rings (SSSR count). The van der Waals surface area contributed by atoms with Gasteiger partial charge in [0.05, 0.1) is 0 Å². The molecule has 2 atom stereocenters. The van der Waals surface area contributed by atoms with Crippen LogP contribution in [0.1, 0.15) is 58.8 Å². The third kappa shape index (κ3) is 3.66. The predicted octanol–water partition coefficient (Wildman–Crippen LogP) is 2.76. The SMILES string of the molecule is CC[C@H]1CCCC[C@H]1NC(=O)N1CCC(C)(CO)CC1. The molecule has 0 spiro atoms. The second-order valence-electron chi connectivity index (χ2n) is 6.96. The molecular weight excluding hydrogens is 252 g/mol. The van der Waals surface area contributed by atoms with Crippen LogP contribution in [0.3, 0.4) is 0 Å². The first kappa shape index (κ1) is 15.6. The fourth-order valence-corrected chi connectivity index (χ4v) is 3.54. The first-order valence-corrected chi connectivity index (χ1v) is 8.24. The number of amides is 2. The second kappa shape index (κ2) is 6.79. The number of carbonyl (C=O) groups is 1. The Hall–Kier alpha value is -0.770. The lowest BCUT2D eigenvalue weighted by Crippen LogP contribution is -2.52. The number of aliphatic hydroxyl groups is 1. The lowest BCUT2D eigenvalue weighted by Gasteiger charge is -2.39. The normalized spacial score (nSPS) is 30.1. The van der Waals surface area contributed by atoms with Crippen molar-refractivity contribution in [1.82, 2.24) is 10.2 Å². The maximum atomic E-state index is 12.4. The summed E-state index contributed by atoms with van der Waals surface area (Å²) in [6, 6.07) is 0.475. The van der Waals surface area contributed by atoms with Crippen molar-refractivity contribution in [3.05, 3.63) is 0 Å². The fraction of sp³-hybridized carbons (Fsp3) is 0.938. The quantitative estimate of drug-likeness (QED) is 0.836. The van der Waals surface area contributed by atoms with Gasteiger partial charge in [-0.25, -0.2) is 4.79 Å². The van der Waals surface area contributed by atoms with Crippen LogP contribution in [0.2, 0.25) is 0 Å². The minimum absolute atomic E-state index is 0.00751. The summed E-state index contributed by atoms with van der Waals surface area (Å²) in [4.78, 5) is 14.3. The standard InChI is InChI=1S/C16H30N2O2/c1-3-13-6-4-5-7-14(13)17-15(20)18-10-8-16(2,12-19)9-11-18/h13-14,19H,3-12H2,1-2H3,(H,17,20)/t13-,14+/m0/s1. The molecule has 116 valence electrons. The van der Waals surface area contributed by atoms with Crippen molar-refractivity contribution in [3.63, 3.8) is 0 Å². The Balaban J connectivity index is 1.83. The number of carbonyl (C=O) groups excluding carboxylic acids is 1. The van der Waals surface area contributed by atoms with Gasteiger partial charge in [-0.3, -0.25) is 0 Å². The van der Waals surface area contributed by atoms with Gasteiger partial charge in [0.2, 0.25) is 0 Å². The molecule has 0 unspecified atom stereocenters. The highest BCUT2D eigenvalue weighted by Gasteiger charge is 2.33. The molecule has 1 aliphatic carbocycles. The Labute approximate surface area is 122 Å². The zero-order chi connectivity index (χ0) is 14.6. The molecule has 4 heteroatoms. The van der Waals surface area contributed by atoms with Gasteiger partial charge in [0.1, 0.15) is 0 Å². The van der Waals surface area contributed by atoms with E-state index in [1.807, 2.05) is 4.90 Å². The van der Waals surface area contributed by atoms with Crippen LogP contribution in [0.5, 0.6) is 0 Å². The highest BCUT2D eigenvalue weighted by atomic mass is 16.3. The van der Waals surface area contributed by atoms with Crippen molar-refractivity contribution < 1.29 is 9.90 Å². The van der Waals surface area contributed by atoms with E-state index in [9.17, 15) is 9.90 Å². The van der Waals surface area contributed by atoms with E-state index in [1.54, 1.807) is 0 Å². The average molecular weight is 282 g/mol. The summed E-state index contributed by atoms with van der Waals surface area (Å²) >= 11 is 0. The van der Waals surface area contributed by atoms with Crippen LogP contribution >= 0.6 is 0 Å². The summed E-state index contributed by atoms with van der Waals surface area (Å²) in [7, 11) is 0. The van der Waals surface area contributed by atoms with Crippen molar-refractivity contribution in [2.45, 2.75) is 64.8 Å². The third-order valence-corrected chi connectivity index (χ3v) is 5.38. The number of nitrogens with zero attached hydrogens (tertiary/aromatic N) is 1. The number of aliphatic hydroxyl groups excluding tert-OH is 1. The summed E-state index contributed by atoms with van der Waals surface area (Å²) in [5.74, 6) is 0.653. The van der Waals surface area contributed by atoms with Crippen molar-refractivity contribution >= 4 is 6.03 Å². The van der Waals surface area contributed by atoms with Gasteiger partial charge in [0.25, 0.3) is 0 Å². The van der Waals surface area contributed by atoms with Crippen LogP contribution in [0.4, 0.5) is 4.79 Å². The summed E-state index contributed by atoms with van der Waals surface area (Å²) in [6.07, 6.45) is 7.90. The van der Waals surface area contributed by atoms with Crippen molar-refractivity contribution in [2.75, 3.05) is 19.7 Å². The summed E-state index contributed by atoms with van der Waals surface area (Å²) in [6.45, 7) is 6.10. The monoisotopic (exact) mass is 282 g/mol. The van der Waals surface area contributed by atoms with Crippen LogP contribution in [-0.2, 0) is 0 Å². The van der Waals surface area contributed by atoms with Gasteiger partial charge in [-0.1, -0.05) is 33.1 Å². The fourth-order valence-electron chi connectivity index (χ4n) is 3.54. The average Bonchev–Trinajstić information content (AvgIpc) is 2.48. The molecule has 20 heavy (non-hydrogen) atoms. The molecule has 0 bridgehead atoms. The summed E-state index contributed by atoms with van der Waals surface area (Å²) < 4.78 is 0. The molecule has 4 nitrogen and oxygen atoms in total. The number of hydrogen-bond donors (Lipinski definition) is 2. The largest absolute Gasteiger partial charge is 0.396 e. The smallest absolute Gasteiger partial charge is 0.317 e. The zero-order valence-corrected chi connectivity index (χ0v) is 13.0. The van der Waals surface area contributed by atoms with Crippen molar-refractivity contribution in [3.8, 4) is 0 Å².